The van der Waals surface area contributed by atoms with Gasteiger partial charge in [-0.3, -0.25) is 0 Å². The fraction of sp³-hybridized carbons (Fsp3) is 0.750. The standard InChI is InChI=1S/C12H15F3N2/c13-12(14,15)11-16-9-6-1-2-7-10(9)17(11)8-4-3-5-8/h8H,1-7H2. The topological polar surface area (TPSA) is 17.8 Å². The molecule has 0 bridgehead atoms. The molecular weight excluding hydrogens is 229 g/mol. The molecular formula is C12H15F3N2. The predicted octanol–water partition coefficient (Wildman–Crippen LogP) is 3.51. The van der Waals surface area contributed by atoms with Crippen LogP contribution in [0.5, 0.6) is 0 Å². The summed E-state index contributed by atoms with van der Waals surface area (Å²) < 4.78 is 40.4. The minimum Gasteiger partial charge on any atom is -0.321 e. The summed E-state index contributed by atoms with van der Waals surface area (Å²) in [6.45, 7) is 0. The highest BCUT2D eigenvalue weighted by molar-refractivity contribution is 5.23. The van der Waals surface area contributed by atoms with Gasteiger partial charge in [-0.15, -0.1) is 0 Å². The molecule has 2 nitrogen and oxygen atoms in total. The van der Waals surface area contributed by atoms with Crippen molar-refractivity contribution in [3.8, 4) is 0 Å². The molecule has 3 rings (SSSR count). The van der Waals surface area contributed by atoms with E-state index < -0.39 is 12.0 Å². The van der Waals surface area contributed by atoms with E-state index in [0.29, 0.717) is 12.1 Å². The minimum atomic E-state index is -4.31. The maximum absolute atomic E-state index is 13.0. The second-order valence-corrected chi connectivity index (χ2v) is 4.99. The van der Waals surface area contributed by atoms with Crippen LogP contribution >= 0.6 is 0 Å². The summed E-state index contributed by atoms with van der Waals surface area (Å²) in [4.78, 5) is 3.86. The van der Waals surface area contributed by atoms with Gasteiger partial charge in [-0.25, -0.2) is 4.98 Å². The highest BCUT2D eigenvalue weighted by Gasteiger charge is 2.41. The highest BCUT2D eigenvalue weighted by atomic mass is 19.4. The van der Waals surface area contributed by atoms with Crippen molar-refractivity contribution in [3.63, 3.8) is 0 Å². The van der Waals surface area contributed by atoms with E-state index in [1.165, 1.54) is 4.57 Å². The quantitative estimate of drug-likeness (QED) is 0.739. The largest absolute Gasteiger partial charge is 0.449 e. The molecule has 17 heavy (non-hydrogen) atoms. The molecule has 0 radical (unpaired) electrons. The van der Waals surface area contributed by atoms with Gasteiger partial charge in [-0.1, -0.05) is 0 Å². The molecule has 1 aromatic heterocycles. The average molecular weight is 244 g/mol. The second kappa shape index (κ2) is 3.75. The van der Waals surface area contributed by atoms with Gasteiger partial charge in [-0.2, -0.15) is 13.2 Å². The number of halogens is 3. The summed E-state index contributed by atoms with van der Waals surface area (Å²) >= 11 is 0. The first kappa shape index (κ1) is 11.1. The van der Waals surface area contributed by atoms with Crippen molar-refractivity contribution in [2.45, 2.75) is 57.2 Å². The second-order valence-electron chi connectivity index (χ2n) is 4.99. The summed E-state index contributed by atoms with van der Waals surface area (Å²) in [7, 11) is 0. The minimum absolute atomic E-state index is 0.0426. The predicted molar refractivity (Wildman–Crippen MR) is 56.8 cm³/mol. The SMILES string of the molecule is FC(F)(F)c1nc2c(n1C1CCC1)CCCC2. The van der Waals surface area contributed by atoms with Gasteiger partial charge in [0.2, 0.25) is 5.82 Å². The Labute approximate surface area is 97.8 Å². The lowest BCUT2D eigenvalue weighted by Crippen LogP contribution is -2.25. The normalized spacial score (nSPS) is 21.1. The number of imidazole rings is 1. The van der Waals surface area contributed by atoms with E-state index in [1.54, 1.807) is 0 Å². The monoisotopic (exact) mass is 244 g/mol. The van der Waals surface area contributed by atoms with Crippen LogP contribution in [0.1, 0.15) is 55.4 Å². The van der Waals surface area contributed by atoms with Crippen LogP contribution in [-0.2, 0) is 19.0 Å². The van der Waals surface area contributed by atoms with Crippen LogP contribution in [-0.4, -0.2) is 9.55 Å². The van der Waals surface area contributed by atoms with Gasteiger partial charge in [0.25, 0.3) is 0 Å². The van der Waals surface area contributed by atoms with E-state index in [4.69, 9.17) is 0 Å². The fourth-order valence-electron chi connectivity index (χ4n) is 2.80. The first-order valence-corrected chi connectivity index (χ1v) is 6.24. The number of rotatable bonds is 1. The summed E-state index contributed by atoms with van der Waals surface area (Å²) in [5.74, 6) is -0.658. The van der Waals surface area contributed by atoms with Crippen LogP contribution in [0.2, 0.25) is 0 Å². The molecule has 1 saturated carbocycles. The number of aryl methyl sites for hydroxylation is 1. The van der Waals surface area contributed by atoms with Gasteiger partial charge in [0.1, 0.15) is 0 Å². The Morgan fingerprint density at radius 2 is 1.76 bits per heavy atom. The Morgan fingerprint density at radius 1 is 1.06 bits per heavy atom. The molecule has 1 heterocycles. The van der Waals surface area contributed by atoms with Gasteiger partial charge in [-0.05, 0) is 44.9 Å². The number of fused-ring (bicyclic) bond motifs is 1. The van der Waals surface area contributed by atoms with Gasteiger partial charge < -0.3 is 4.57 Å². The lowest BCUT2D eigenvalue weighted by molar-refractivity contribution is -0.148. The van der Waals surface area contributed by atoms with Crippen molar-refractivity contribution in [1.29, 1.82) is 0 Å². The molecule has 1 aromatic rings. The average Bonchev–Trinajstić information content (AvgIpc) is 2.55. The van der Waals surface area contributed by atoms with E-state index >= 15 is 0 Å². The maximum atomic E-state index is 13.0. The molecule has 0 spiro atoms. The van der Waals surface area contributed by atoms with Crippen molar-refractivity contribution in [2.75, 3.05) is 0 Å². The number of aromatic nitrogens is 2. The summed E-state index contributed by atoms with van der Waals surface area (Å²) in [5.41, 5.74) is 1.55. The van der Waals surface area contributed by atoms with Crippen molar-refractivity contribution in [2.24, 2.45) is 0 Å². The third-order valence-electron chi connectivity index (χ3n) is 3.86. The third kappa shape index (κ3) is 1.76. The van der Waals surface area contributed by atoms with E-state index in [1.807, 2.05) is 0 Å². The molecule has 0 N–H and O–H groups in total. The van der Waals surface area contributed by atoms with Crippen LogP contribution in [0.3, 0.4) is 0 Å². The maximum Gasteiger partial charge on any atom is 0.449 e. The molecule has 0 atom stereocenters. The molecule has 5 heteroatoms. The van der Waals surface area contributed by atoms with Crippen LogP contribution < -0.4 is 0 Å². The molecule has 0 aromatic carbocycles. The van der Waals surface area contributed by atoms with Gasteiger partial charge in [0, 0.05) is 11.7 Å². The Balaban J connectivity index is 2.10. The third-order valence-corrected chi connectivity index (χ3v) is 3.86. The number of hydrogen-bond acceptors (Lipinski definition) is 1. The Hall–Kier alpha value is -1.00. The van der Waals surface area contributed by atoms with Gasteiger partial charge >= 0.3 is 6.18 Å². The Bertz CT molecular complexity index is 430. The molecule has 0 aliphatic heterocycles. The first-order valence-electron chi connectivity index (χ1n) is 6.24. The molecule has 0 saturated heterocycles. The van der Waals surface area contributed by atoms with Crippen molar-refractivity contribution < 1.29 is 13.2 Å². The zero-order valence-corrected chi connectivity index (χ0v) is 9.56. The highest BCUT2D eigenvalue weighted by Crippen LogP contribution is 2.41. The zero-order valence-electron chi connectivity index (χ0n) is 9.56. The number of hydrogen-bond donors (Lipinski definition) is 0. The smallest absolute Gasteiger partial charge is 0.321 e. The van der Waals surface area contributed by atoms with Gasteiger partial charge in [0.05, 0.1) is 5.69 Å². The number of nitrogens with zero attached hydrogens (tertiary/aromatic N) is 2. The van der Waals surface area contributed by atoms with Crippen LogP contribution in [0.25, 0.3) is 0 Å². The molecule has 94 valence electrons. The lowest BCUT2D eigenvalue weighted by atomic mass is 9.91. The van der Waals surface area contributed by atoms with Crippen LogP contribution in [0, 0.1) is 0 Å². The molecule has 1 fully saturated rings. The van der Waals surface area contributed by atoms with E-state index in [0.717, 1.165) is 44.2 Å². The summed E-state index contributed by atoms with van der Waals surface area (Å²) in [6, 6.07) is 0.0426. The molecule has 0 amide bonds. The van der Waals surface area contributed by atoms with E-state index in [9.17, 15) is 13.2 Å². The first-order chi connectivity index (χ1) is 8.07. The Kier molecular flexibility index (Phi) is 2.45. The van der Waals surface area contributed by atoms with Crippen LogP contribution in [0.4, 0.5) is 13.2 Å². The summed E-state index contributed by atoms with van der Waals surface area (Å²) in [6.07, 6.45) is 1.88. The molecule has 2 aliphatic carbocycles. The van der Waals surface area contributed by atoms with Crippen LogP contribution in [0.15, 0.2) is 0 Å². The molecule has 0 unspecified atom stereocenters. The van der Waals surface area contributed by atoms with E-state index in [2.05, 4.69) is 4.98 Å². The van der Waals surface area contributed by atoms with Crippen molar-refractivity contribution in [3.05, 3.63) is 17.2 Å². The zero-order chi connectivity index (χ0) is 12.0. The van der Waals surface area contributed by atoms with Crippen molar-refractivity contribution in [1.82, 2.24) is 9.55 Å². The number of alkyl halides is 3. The van der Waals surface area contributed by atoms with E-state index in [-0.39, 0.29) is 6.04 Å². The lowest BCUT2D eigenvalue weighted by Gasteiger charge is -2.31. The fourth-order valence-corrected chi connectivity index (χ4v) is 2.80. The van der Waals surface area contributed by atoms with Gasteiger partial charge in [0.15, 0.2) is 0 Å². The van der Waals surface area contributed by atoms with Crippen molar-refractivity contribution >= 4 is 0 Å². The Morgan fingerprint density at radius 3 is 2.35 bits per heavy atom. The molecule has 2 aliphatic rings. The summed E-state index contributed by atoms with van der Waals surface area (Å²) in [5, 5.41) is 0.